The Labute approximate surface area is 426 Å². The van der Waals surface area contributed by atoms with Gasteiger partial charge in [-0.05, 0) is 174 Å². The molecular formula is C69H67N3. The quantitative estimate of drug-likeness (QED) is 0.163. The Balaban J connectivity index is 1.12. The second-order valence-corrected chi connectivity index (χ2v) is 24.2. The van der Waals surface area contributed by atoms with Crippen LogP contribution in [0.4, 0.5) is 0 Å². The molecule has 3 heterocycles. The van der Waals surface area contributed by atoms with Crippen LogP contribution in [0.3, 0.4) is 0 Å². The Kier molecular flexibility index (Phi) is 11.1. The summed E-state index contributed by atoms with van der Waals surface area (Å²) in [5.41, 5.74) is 21.6. The zero-order valence-electron chi connectivity index (χ0n) is 44.2. The van der Waals surface area contributed by atoms with E-state index in [9.17, 15) is 0 Å². The topological polar surface area (TPSA) is 22.8 Å². The standard InChI is InChI=1S/C69H67N3/c1-66(2,3)51-31-33-60-55(42-51)64-57(68(7,8)9)26-18-29-62(64)71(60)53-24-16-21-45(40-53)49-37-48(44-20-15-23-47(36-44)59-28-13-14-35-70-59)38-50(39-49)46-22-17-25-54(41-46)72-61-34-32-52(67(4,5)6)43-56(61)65-58(69(10,11)12)27-19-30-63(65)72/h13-43H,1-12H3. The van der Waals surface area contributed by atoms with Crippen LogP contribution < -0.4 is 0 Å². The number of hydrogen-bond donors (Lipinski definition) is 0. The number of aromatic nitrogens is 3. The first-order chi connectivity index (χ1) is 34.2. The molecule has 72 heavy (non-hydrogen) atoms. The van der Waals surface area contributed by atoms with Gasteiger partial charge in [0.05, 0.1) is 27.8 Å². The smallest absolute Gasteiger partial charge is 0.0702 e. The van der Waals surface area contributed by atoms with Crippen LogP contribution in [-0.4, -0.2) is 14.1 Å². The first kappa shape index (κ1) is 46.9. The maximum atomic E-state index is 4.73. The first-order valence-electron chi connectivity index (χ1n) is 25.8. The minimum Gasteiger partial charge on any atom is -0.309 e. The number of hydrogen-bond acceptors (Lipinski definition) is 1. The monoisotopic (exact) mass is 938 g/mol. The molecule has 0 N–H and O–H groups in total. The van der Waals surface area contributed by atoms with Gasteiger partial charge < -0.3 is 9.13 Å². The molecular weight excluding hydrogens is 871 g/mol. The van der Waals surface area contributed by atoms with Crippen LogP contribution >= 0.6 is 0 Å². The van der Waals surface area contributed by atoms with Gasteiger partial charge in [0, 0.05) is 44.7 Å². The van der Waals surface area contributed by atoms with E-state index in [1.54, 1.807) is 0 Å². The summed E-state index contributed by atoms with van der Waals surface area (Å²) in [4.78, 5) is 4.73. The molecule has 0 aliphatic heterocycles. The number of pyridine rings is 1. The van der Waals surface area contributed by atoms with Crippen molar-refractivity contribution in [1.29, 1.82) is 0 Å². The van der Waals surface area contributed by atoms with Crippen LogP contribution in [0.25, 0.3) is 99.6 Å². The highest BCUT2D eigenvalue weighted by Crippen LogP contribution is 2.44. The fraction of sp³-hybridized carbons (Fsp3) is 0.232. The molecule has 0 aliphatic carbocycles. The van der Waals surface area contributed by atoms with E-state index in [1.165, 1.54) is 65.9 Å². The molecule has 0 unspecified atom stereocenters. The Bertz CT molecular complexity index is 3670. The lowest BCUT2D eigenvalue weighted by Crippen LogP contribution is -2.12. The first-order valence-corrected chi connectivity index (χ1v) is 25.8. The highest BCUT2D eigenvalue weighted by Gasteiger charge is 2.26. The molecule has 0 saturated carbocycles. The predicted octanol–water partition coefficient (Wildman–Crippen LogP) is 19.1. The zero-order valence-corrected chi connectivity index (χ0v) is 44.2. The lowest BCUT2D eigenvalue weighted by molar-refractivity contribution is 0.590. The maximum Gasteiger partial charge on any atom is 0.0702 e. The Morgan fingerprint density at radius 1 is 0.306 bits per heavy atom. The Hall–Kier alpha value is -7.49. The summed E-state index contributed by atoms with van der Waals surface area (Å²) < 4.78 is 4.98. The predicted molar refractivity (Wildman–Crippen MR) is 309 cm³/mol. The van der Waals surface area contributed by atoms with Crippen LogP contribution in [-0.2, 0) is 21.7 Å². The number of nitrogens with zero attached hydrogens (tertiary/aromatic N) is 3. The molecule has 0 bridgehead atoms. The van der Waals surface area contributed by atoms with E-state index >= 15 is 0 Å². The Morgan fingerprint density at radius 3 is 1.12 bits per heavy atom. The highest BCUT2D eigenvalue weighted by atomic mass is 15.0. The maximum absolute atomic E-state index is 4.73. The van der Waals surface area contributed by atoms with Crippen molar-refractivity contribution in [2.75, 3.05) is 0 Å². The average Bonchev–Trinajstić information content (AvgIpc) is 3.88. The van der Waals surface area contributed by atoms with Crippen molar-refractivity contribution < 1.29 is 0 Å². The van der Waals surface area contributed by atoms with Crippen molar-refractivity contribution in [2.24, 2.45) is 0 Å². The number of rotatable bonds is 6. The third-order valence-corrected chi connectivity index (χ3v) is 14.9. The lowest BCUT2D eigenvalue weighted by Gasteiger charge is -2.21. The Morgan fingerprint density at radius 2 is 0.708 bits per heavy atom. The molecule has 11 aromatic rings. The van der Waals surface area contributed by atoms with Gasteiger partial charge in [-0.1, -0.05) is 168 Å². The van der Waals surface area contributed by atoms with Gasteiger partial charge in [0.1, 0.15) is 0 Å². The summed E-state index contributed by atoms with van der Waals surface area (Å²) in [5, 5.41) is 5.28. The van der Waals surface area contributed by atoms with Crippen molar-refractivity contribution in [1.82, 2.24) is 14.1 Å². The van der Waals surface area contributed by atoms with Gasteiger partial charge in [-0.2, -0.15) is 0 Å². The fourth-order valence-electron chi connectivity index (χ4n) is 11.0. The molecule has 0 aliphatic rings. The minimum absolute atomic E-state index is 0.0218. The summed E-state index contributed by atoms with van der Waals surface area (Å²) in [6.45, 7) is 27.9. The average molecular weight is 938 g/mol. The molecule has 358 valence electrons. The van der Waals surface area contributed by atoms with Gasteiger partial charge >= 0.3 is 0 Å². The minimum atomic E-state index is -0.0348. The largest absolute Gasteiger partial charge is 0.309 e. The molecule has 0 saturated heterocycles. The molecule has 3 aromatic heterocycles. The summed E-state index contributed by atoms with van der Waals surface area (Å²) in [6, 6.07) is 68.4. The van der Waals surface area contributed by atoms with Gasteiger partial charge in [0.25, 0.3) is 0 Å². The van der Waals surface area contributed by atoms with Crippen molar-refractivity contribution in [3.05, 3.63) is 210 Å². The van der Waals surface area contributed by atoms with Crippen molar-refractivity contribution in [3.63, 3.8) is 0 Å². The number of fused-ring (bicyclic) bond motifs is 6. The van der Waals surface area contributed by atoms with Gasteiger partial charge in [0.2, 0.25) is 0 Å². The van der Waals surface area contributed by atoms with E-state index in [1.807, 2.05) is 12.3 Å². The van der Waals surface area contributed by atoms with Crippen LogP contribution in [0.1, 0.15) is 105 Å². The molecule has 3 nitrogen and oxygen atoms in total. The van der Waals surface area contributed by atoms with Crippen LogP contribution in [0, 0.1) is 0 Å². The molecule has 0 atom stereocenters. The molecule has 8 aromatic carbocycles. The van der Waals surface area contributed by atoms with E-state index < -0.39 is 0 Å². The van der Waals surface area contributed by atoms with E-state index in [4.69, 9.17) is 4.98 Å². The zero-order chi connectivity index (χ0) is 50.5. The molecule has 0 amide bonds. The SMILES string of the molecule is CC(C)(C)c1ccc2c(c1)c1c(C(C)(C)C)cccc1n2-c1cccc(-c2cc(-c3cccc(-c4ccccn4)c3)cc(-c3cccc(-n4c5ccc(C(C)(C)C)cc5c5c(C(C)(C)C)cccc54)c3)c2)c1. The summed E-state index contributed by atoms with van der Waals surface area (Å²) >= 11 is 0. The fourth-order valence-corrected chi connectivity index (χ4v) is 11.0. The van der Waals surface area contributed by atoms with Gasteiger partial charge in [-0.25, -0.2) is 0 Å². The summed E-state index contributed by atoms with van der Waals surface area (Å²) in [5.74, 6) is 0. The second-order valence-electron chi connectivity index (χ2n) is 24.2. The van der Waals surface area contributed by atoms with Crippen LogP contribution in [0.15, 0.2) is 188 Å². The molecule has 0 radical (unpaired) electrons. The summed E-state index contributed by atoms with van der Waals surface area (Å²) in [7, 11) is 0. The van der Waals surface area contributed by atoms with Crippen molar-refractivity contribution in [2.45, 2.75) is 105 Å². The normalized spacial score (nSPS) is 12.7. The third kappa shape index (κ3) is 8.33. The van der Waals surface area contributed by atoms with Crippen LogP contribution in [0.5, 0.6) is 0 Å². The molecule has 11 rings (SSSR count). The molecule has 0 fully saturated rings. The third-order valence-electron chi connectivity index (χ3n) is 14.9. The van der Waals surface area contributed by atoms with E-state index in [-0.39, 0.29) is 21.7 Å². The van der Waals surface area contributed by atoms with Crippen molar-refractivity contribution >= 4 is 43.6 Å². The van der Waals surface area contributed by atoms with E-state index in [0.717, 1.165) is 56.0 Å². The molecule has 0 spiro atoms. The van der Waals surface area contributed by atoms with E-state index in [2.05, 4.69) is 268 Å². The van der Waals surface area contributed by atoms with Gasteiger partial charge in [-0.3, -0.25) is 4.98 Å². The molecule has 3 heteroatoms. The number of benzene rings is 8. The van der Waals surface area contributed by atoms with Crippen molar-refractivity contribution in [3.8, 4) is 56.0 Å². The summed E-state index contributed by atoms with van der Waals surface area (Å²) in [6.07, 6.45) is 1.87. The van der Waals surface area contributed by atoms with Crippen LogP contribution in [0.2, 0.25) is 0 Å². The second kappa shape index (κ2) is 17.1. The van der Waals surface area contributed by atoms with Gasteiger partial charge in [-0.15, -0.1) is 0 Å². The highest BCUT2D eigenvalue weighted by molar-refractivity contribution is 6.13. The lowest BCUT2D eigenvalue weighted by atomic mass is 9.83. The van der Waals surface area contributed by atoms with E-state index in [0.29, 0.717) is 0 Å². The van der Waals surface area contributed by atoms with Gasteiger partial charge in [0.15, 0.2) is 0 Å².